The fourth-order valence-corrected chi connectivity index (χ4v) is 3.67. The van der Waals surface area contributed by atoms with E-state index >= 15 is 0 Å². The lowest BCUT2D eigenvalue weighted by atomic mass is 10.1. The molecule has 6 nitrogen and oxygen atoms in total. The molecule has 0 radical (unpaired) electrons. The van der Waals surface area contributed by atoms with E-state index < -0.39 is 0 Å². The van der Waals surface area contributed by atoms with Crippen molar-refractivity contribution in [1.82, 2.24) is 9.78 Å². The van der Waals surface area contributed by atoms with Crippen LogP contribution in [0.4, 0.5) is 5.82 Å². The first kappa shape index (κ1) is 13.1. The number of rotatable bonds is 3. The molecule has 100 valence electrons. The SMILES string of the molecule is Cc1nn(C)c(N(C)C2CCSC2)c1C(N)=NO. The van der Waals surface area contributed by atoms with Gasteiger partial charge in [0, 0.05) is 25.9 Å². The van der Waals surface area contributed by atoms with Crippen LogP contribution >= 0.6 is 11.8 Å². The number of nitrogens with two attached hydrogens (primary N) is 1. The summed E-state index contributed by atoms with van der Waals surface area (Å²) in [7, 11) is 3.93. The third kappa shape index (κ3) is 2.14. The van der Waals surface area contributed by atoms with Gasteiger partial charge in [0.15, 0.2) is 5.84 Å². The van der Waals surface area contributed by atoms with Crippen LogP contribution in [0.3, 0.4) is 0 Å². The van der Waals surface area contributed by atoms with E-state index in [9.17, 15) is 0 Å². The summed E-state index contributed by atoms with van der Waals surface area (Å²) in [6.07, 6.45) is 1.15. The summed E-state index contributed by atoms with van der Waals surface area (Å²) >= 11 is 1.96. The van der Waals surface area contributed by atoms with Crippen molar-refractivity contribution >= 4 is 23.4 Å². The highest BCUT2D eigenvalue weighted by molar-refractivity contribution is 7.99. The molecule has 1 atom stereocenters. The average molecular weight is 269 g/mol. The fourth-order valence-electron chi connectivity index (χ4n) is 2.40. The van der Waals surface area contributed by atoms with E-state index in [2.05, 4.69) is 15.2 Å². The second-order valence-corrected chi connectivity index (χ2v) is 5.67. The zero-order valence-electron chi connectivity index (χ0n) is 10.9. The molecule has 0 amide bonds. The van der Waals surface area contributed by atoms with Crippen LogP contribution in [0.25, 0.3) is 0 Å². The summed E-state index contributed by atoms with van der Waals surface area (Å²) in [4.78, 5) is 2.19. The van der Waals surface area contributed by atoms with Gasteiger partial charge in [-0.1, -0.05) is 5.16 Å². The minimum Gasteiger partial charge on any atom is -0.409 e. The topological polar surface area (TPSA) is 79.7 Å². The van der Waals surface area contributed by atoms with Gasteiger partial charge in [-0.15, -0.1) is 0 Å². The zero-order valence-corrected chi connectivity index (χ0v) is 11.7. The van der Waals surface area contributed by atoms with E-state index in [1.807, 2.05) is 32.8 Å². The fraction of sp³-hybridized carbons (Fsp3) is 0.636. The molecule has 1 aliphatic rings. The minimum atomic E-state index is 0.119. The molecule has 0 aromatic carbocycles. The summed E-state index contributed by atoms with van der Waals surface area (Å²) in [5.74, 6) is 3.32. The highest BCUT2D eigenvalue weighted by Crippen LogP contribution is 2.29. The Kier molecular flexibility index (Phi) is 3.70. The van der Waals surface area contributed by atoms with E-state index in [0.29, 0.717) is 6.04 Å². The number of aromatic nitrogens is 2. The molecule has 0 saturated carbocycles. The van der Waals surface area contributed by atoms with Crippen LogP contribution in [0.2, 0.25) is 0 Å². The maximum absolute atomic E-state index is 8.90. The number of hydrogen-bond donors (Lipinski definition) is 2. The zero-order chi connectivity index (χ0) is 13.3. The van der Waals surface area contributed by atoms with Crippen LogP contribution < -0.4 is 10.6 Å². The van der Waals surface area contributed by atoms with Crippen molar-refractivity contribution in [3.63, 3.8) is 0 Å². The second kappa shape index (κ2) is 5.09. The van der Waals surface area contributed by atoms with Crippen molar-refractivity contribution < 1.29 is 5.21 Å². The molecule has 1 fully saturated rings. The molecular formula is C11H19N5OS. The van der Waals surface area contributed by atoms with E-state index in [1.165, 1.54) is 5.75 Å². The van der Waals surface area contributed by atoms with Gasteiger partial charge in [0.25, 0.3) is 0 Å². The molecule has 0 aliphatic carbocycles. The van der Waals surface area contributed by atoms with Crippen molar-refractivity contribution in [2.45, 2.75) is 19.4 Å². The summed E-state index contributed by atoms with van der Waals surface area (Å²) in [5, 5.41) is 16.4. The number of anilines is 1. The van der Waals surface area contributed by atoms with Gasteiger partial charge in [-0.05, 0) is 19.1 Å². The molecule has 18 heavy (non-hydrogen) atoms. The average Bonchev–Trinajstić information content (AvgIpc) is 2.95. The molecule has 1 aromatic rings. The van der Waals surface area contributed by atoms with Crippen molar-refractivity contribution in [2.75, 3.05) is 23.5 Å². The number of aryl methyl sites for hydroxylation is 2. The first-order valence-electron chi connectivity index (χ1n) is 5.88. The predicted octanol–water partition coefficient (Wildman–Crippen LogP) is 0.765. The Hall–Kier alpha value is -1.37. The molecule has 1 aliphatic heterocycles. The molecule has 3 N–H and O–H groups in total. The molecule has 1 aromatic heterocycles. The van der Waals surface area contributed by atoms with Gasteiger partial charge in [-0.2, -0.15) is 16.9 Å². The van der Waals surface area contributed by atoms with Crippen molar-refractivity contribution in [3.05, 3.63) is 11.3 Å². The smallest absolute Gasteiger partial charge is 0.175 e. The standard InChI is InChI=1S/C11H19N5OS/c1-7-9(10(12)14-17)11(16(3)13-7)15(2)8-4-5-18-6-8/h8,17H,4-6H2,1-3H3,(H2,12,14). The lowest BCUT2D eigenvalue weighted by molar-refractivity contribution is 0.318. The quantitative estimate of drug-likeness (QED) is 0.366. The Bertz CT molecular complexity index is 464. The van der Waals surface area contributed by atoms with E-state index in [0.717, 1.165) is 29.2 Å². The normalized spacial score (nSPS) is 20.4. The van der Waals surface area contributed by atoms with Crippen LogP contribution in [-0.2, 0) is 7.05 Å². The van der Waals surface area contributed by atoms with Gasteiger partial charge in [-0.3, -0.25) is 4.68 Å². The maximum Gasteiger partial charge on any atom is 0.175 e. The van der Waals surface area contributed by atoms with Gasteiger partial charge in [0.05, 0.1) is 11.3 Å². The molecular weight excluding hydrogens is 250 g/mol. The molecule has 7 heteroatoms. The summed E-state index contributed by atoms with van der Waals surface area (Å²) in [6, 6.07) is 0.482. The number of hydrogen-bond acceptors (Lipinski definition) is 5. The summed E-state index contributed by atoms with van der Waals surface area (Å²) in [6.45, 7) is 1.87. The Morgan fingerprint density at radius 3 is 2.94 bits per heavy atom. The third-order valence-electron chi connectivity index (χ3n) is 3.34. The molecule has 0 bridgehead atoms. The van der Waals surface area contributed by atoms with Crippen molar-refractivity contribution in [2.24, 2.45) is 17.9 Å². The van der Waals surface area contributed by atoms with E-state index in [1.54, 1.807) is 4.68 Å². The first-order valence-corrected chi connectivity index (χ1v) is 7.03. The van der Waals surface area contributed by atoms with Gasteiger partial charge >= 0.3 is 0 Å². The highest BCUT2D eigenvalue weighted by Gasteiger charge is 2.27. The minimum absolute atomic E-state index is 0.119. The molecule has 1 unspecified atom stereocenters. The number of thioether (sulfide) groups is 1. The highest BCUT2D eigenvalue weighted by atomic mass is 32.2. The Morgan fingerprint density at radius 1 is 1.67 bits per heavy atom. The molecule has 2 heterocycles. The van der Waals surface area contributed by atoms with Gasteiger partial charge in [-0.25, -0.2) is 0 Å². The predicted molar refractivity (Wildman–Crippen MR) is 74.6 cm³/mol. The van der Waals surface area contributed by atoms with E-state index in [4.69, 9.17) is 10.9 Å². The van der Waals surface area contributed by atoms with Crippen molar-refractivity contribution in [3.8, 4) is 0 Å². The lowest BCUT2D eigenvalue weighted by Gasteiger charge is -2.26. The largest absolute Gasteiger partial charge is 0.409 e. The van der Waals surface area contributed by atoms with Gasteiger partial charge in [0.2, 0.25) is 0 Å². The Morgan fingerprint density at radius 2 is 2.39 bits per heavy atom. The van der Waals surface area contributed by atoms with Gasteiger partial charge in [0.1, 0.15) is 5.82 Å². The summed E-state index contributed by atoms with van der Waals surface area (Å²) < 4.78 is 1.80. The molecule has 1 saturated heterocycles. The third-order valence-corrected chi connectivity index (χ3v) is 4.49. The van der Waals surface area contributed by atoms with Crippen LogP contribution in [0, 0.1) is 6.92 Å². The number of oxime groups is 1. The number of nitrogens with zero attached hydrogens (tertiary/aromatic N) is 4. The van der Waals surface area contributed by atoms with Crippen molar-refractivity contribution in [1.29, 1.82) is 0 Å². The van der Waals surface area contributed by atoms with Crippen LogP contribution in [0.5, 0.6) is 0 Å². The molecule has 0 spiro atoms. The maximum atomic E-state index is 8.90. The Balaban J connectivity index is 2.42. The Labute approximate surface area is 111 Å². The number of amidine groups is 1. The van der Waals surface area contributed by atoms with Gasteiger partial charge < -0.3 is 15.8 Å². The summed E-state index contributed by atoms with van der Waals surface area (Å²) in [5.41, 5.74) is 7.26. The monoisotopic (exact) mass is 269 g/mol. The van der Waals surface area contributed by atoms with Crippen LogP contribution in [0.1, 0.15) is 17.7 Å². The van der Waals surface area contributed by atoms with E-state index in [-0.39, 0.29) is 5.84 Å². The first-order chi connectivity index (χ1) is 8.56. The lowest BCUT2D eigenvalue weighted by Crippen LogP contribution is -2.34. The van der Waals surface area contributed by atoms with Crippen LogP contribution in [0.15, 0.2) is 5.16 Å². The van der Waals surface area contributed by atoms with Crippen LogP contribution in [-0.4, -0.2) is 45.4 Å². The molecule has 2 rings (SSSR count). The second-order valence-electron chi connectivity index (χ2n) is 4.52.